The number of carboxylic acid groups (broad SMARTS) is 1. The molecule has 0 spiro atoms. The van der Waals surface area contributed by atoms with E-state index in [1.807, 2.05) is 31.2 Å². The van der Waals surface area contributed by atoms with E-state index in [1.165, 1.54) is 19.3 Å². The molecule has 0 aliphatic heterocycles. The van der Waals surface area contributed by atoms with Gasteiger partial charge in [-0.25, -0.2) is 4.57 Å². The number of carbonyl (C=O) groups is 3. The fourth-order valence-corrected chi connectivity index (χ4v) is 5.73. The van der Waals surface area contributed by atoms with Crippen LogP contribution < -0.4 is 5.73 Å². The summed E-state index contributed by atoms with van der Waals surface area (Å²) in [6.45, 7) is 2.18. The summed E-state index contributed by atoms with van der Waals surface area (Å²) < 4.78 is 32.5. The molecule has 1 unspecified atom stereocenters. The molecular formula is C46H74NO11P. The standard InChI is InChI=1S/C46H74NO11P/c1-3-4-5-6-7-8-9-10-11-12-15-19-22-25-28-31-34-37-45(50)58-42(39-56-59(53,54)57-40-43(47)46(51)52)38-55-44(49)36-33-30-27-24-21-18-16-13-14-17-20-23-26-29-32-35-41(2)48/h7-8,10-11,14-19,23-28,41-43,48H,3-6,9,12-13,20-22,29-40,47H2,1-2H3,(H,51,52)(H,53,54)/b8-7-,11-10-,17-14-,18-16-,19-15-,26-23-,27-24-,28-25-/t41-,42-,43+/m1/s1. The molecule has 4 atom stereocenters. The van der Waals surface area contributed by atoms with Gasteiger partial charge in [0, 0.05) is 12.8 Å². The number of rotatable bonds is 38. The van der Waals surface area contributed by atoms with Gasteiger partial charge in [-0.1, -0.05) is 117 Å². The number of aliphatic hydroxyl groups excluding tert-OH is 1. The van der Waals surface area contributed by atoms with Crippen molar-refractivity contribution in [1.29, 1.82) is 0 Å². The van der Waals surface area contributed by atoms with Crippen LogP contribution in [0.4, 0.5) is 0 Å². The minimum absolute atomic E-state index is 0.0614. The first-order valence-corrected chi connectivity index (χ1v) is 22.8. The molecular weight excluding hydrogens is 773 g/mol. The van der Waals surface area contributed by atoms with Gasteiger partial charge >= 0.3 is 25.7 Å². The summed E-state index contributed by atoms with van der Waals surface area (Å²) in [7, 11) is -4.76. The second kappa shape index (κ2) is 39.8. The van der Waals surface area contributed by atoms with Crippen LogP contribution in [0.1, 0.15) is 136 Å². The van der Waals surface area contributed by atoms with Gasteiger partial charge in [-0.3, -0.25) is 23.4 Å². The molecule has 0 aliphatic carbocycles. The van der Waals surface area contributed by atoms with E-state index in [4.69, 9.17) is 24.8 Å². The molecule has 334 valence electrons. The second-order valence-corrected chi connectivity index (χ2v) is 15.5. The lowest BCUT2D eigenvalue weighted by molar-refractivity contribution is -0.161. The number of nitrogens with two attached hydrogens (primary N) is 1. The molecule has 0 rings (SSSR count). The summed E-state index contributed by atoms with van der Waals surface area (Å²) in [6, 6.07) is -1.55. The molecule has 13 heteroatoms. The van der Waals surface area contributed by atoms with Gasteiger partial charge in [0.15, 0.2) is 6.10 Å². The van der Waals surface area contributed by atoms with Gasteiger partial charge < -0.3 is 30.3 Å². The fraction of sp³-hybridized carbons (Fsp3) is 0.587. The van der Waals surface area contributed by atoms with Crippen molar-refractivity contribution in [3.63, 3.8) is 0 Å². The van der Waals surface area contributed by atoms with E-state index >= 15 is 0 Å². The number of aliphatic hydroxyl groups is 1. The van der Waals surface area contributed by atoms with Crippen LogP contribution >= 0.6 is 7.82 Å². The number of allylic oxidation sites excluding steroid dienone is 16. The molecule has 0 bridgehead atoms. The highest BCUT2D eigenvalue weighted by Gasteiger charge is 2.28. The SMILES string of the molecule is CCCCC/C=C\C/C=C\C/C=C\C/C=C\CCCC(=O)O[C@H](COC(=O)CCC/C=C\C/C=C\C/C=C\C/C=C\CCC[C@@H](C)O)COP(=O)(O)OC[C@H](N)C(=O)O. The van der Waals surface area contributed by atoms with Crippen molar-refractivity contribution in [3.05, 3.63) is 97.2 Å². The Balaban J connectivity index is 4.59. The van der Waals surface area contributed by atoms with E-state index in [-0.39, 0.29) is 18.9 Å². The number of unbranched alkanes of at least 4 members (excludes halogenated alkanes) is 6. The van der Waals surface area contributed by atoms with Crippen molar-refractivity contribution in [1.82, 2.24) is 0 Å². The van der Waals surface area contributed by atoms with Crippen LogP contribution in [0.5, 0.6) is 0 Å². The quantitative estimate of drug-likeness (QED) is 0.0199. The third-order valence-electron chi connectivity index (χ3n) is 8.32. The van der Waals surface area contributed by atoms with E-state index in [0.717, 1.165) is 64.2 Å². The lowest BCUT2D eigenvalue weighted by Crippen LogP contribution is -2.34. The van der Waals surface area contributed by atoms with Crippen LogP contribution in [0.2, 0.25) is 0 Å². The molecule has 0 aliphatic rings. The number of ether oxygens (including phenoxy) is 2. The fourth-order valence-electron chi connectivity index (χ4n) is 4.95. The Kier molecular flexibility index (Phi) is 37.3. The molecule has 0 saturated heterocycles. The number of esters is 2. The summed E-state index contributed by atoms with van der Waals surface area (Å²) in [5, 5.41) is 18.1. The zero-order chi connectivity index (χ0) is 43.7. The van der Waals surface area contributed by atoms with Crippen molar-refractivity contribution in [2.45, 2.75) is 154 Å². The van der Waals surface area contributed by atoms with E-state index in [0.29, 0.717) is 25.7 Å². The lowest BCUT2D eigenvalue weighted by Gasteiger charge is -2.20. The number of phosphoric acid groups is 1. The Labute approximate surface area is 354 Å². The van der Waals surface area contributed by atoms with E-state index < -0.39 is 57.7 Å². The summed E-state index contributed by atoms with van der Waals surface area (Å²) in [6.07, 6.45) is 47.6. The van der Waals surface area contributed by atoms with Crippen LogP contribution in [0.15, 0.2) is 97.2 Å². The summed E-state index contributed by atoms with van der Waals surface area (Å²) >= 11 is 0. The van der Waals surface area contributed by atoms with E-state index in [2.05, 4.69) is 84.4 Å². The third-order valence-corrected chi connectivity index (χ3v) is 9.27. The maximum absolute atomic E-state index is 12.6. The van der Waals surface area contributed by atoms with Crippen molar-refractivity contribution in [3.8, 4) is 0 Å². The second-order valence-electron chi connectivity index (χ2n) is 14.0. The maximum Gasteiger partial charge on any atom is 0.472 e. The number of phosphoric ester groups is 1. The Morgan fingerprint density at radius 2 is 1.00 bits per heavy atom. The van der Waals surface area contributed by atoms with Gasteiger partial charge in [0.1, 0.15) is 12.6 Å². The highest BCUT2D eigenvalue weighted by molar-refractivity contribution is 7.47. The number of aliphatic carboxylic acids is 1. The van der Waals surface area contributed by atoms with Crippen molar-refractivity contribution >= 4 is 25.7 Å². The highest BCUT2D eigenvalue weighted by atomic mass is 31.2. The number of carboxylic acids is 1. The first-order valence-electron chi connectivity index (χ1n) is 21.3. The minimum Gasteiger partial charge on any atom is -0.480 e. The Morgan fingerprint density at radius 3 is 1.44 bits per heavy atom. The van der Waals surface area contributed by atoms with Crippen molar-refractivity contribution in [2.75, 3.05) is 19.8 Å². The molecule has 0 fully saturated rings. The highest BCUT2D eigenvalue weighted by Crippen LogP contribution is 2.43. The first-order chi connectivity index (χ1) is 28.5. The largest absolute Gasteiger partial charge is 0.480 e. The predicted octanol–water partition coefficient (Wildman–Crippen LogP) is 10.2. The number of carbonyl (C=O) groups excluding carboxylic acids is 2. The first kappa shape index (κ1) is 55.4. The summed E-state index contributed by atoms with van der Waals surface area (Å²) in [5.41, 5.74) is 5.32. The molecule has 12 nitrogen and oxygen atoms in total. The van der Waals surface area contributed by atoms with Gasteiger partial charge in [-0.2, -0.15) is 0 Å². The summed E-state index contributed by atoms with van der Waals surface area (Å²) in [5.74, 6) is -2.56. The topological polar surface area (TPSA) is 192 Å². The molecule has 0 radical (unpaired) electrons. The van der Waals surface area contributed by atoms with E-state index in [9.17, 15) is 28.9 Å². The zero-order valence-corrected chi connectivity index (χ0v) is 36.6. The van der Waals surface area contributed by atoms with Gasteiger partial charge in [0.05, 0.1) is 19.3 Å². The third kappa shape index (κ3) is 40.9. The summed E-state index contributed by atoms with van der Waals surface area (Å²) in [4.78, 5) is 45.9. The molecule has 5 N–H and O–H groups in total. The van der Waals surface area contributed by atoms with Crippen LogP contribution in [-0.4, -0.2) is 71.1 Å². The van der Waals surface area contributed by atoms with Gasteiger partial charge in [-0.05, 0) is 103 Å². The van der Waals surface area contributed by atoms with Crippen LogP contribution in [-0.2, 0) is 37.5 Å². The Bertz CT molecular complexity index is 1380. The average molecular weight is 848 g/mol. The predicted molar refractivity (Wildman–Crippen MR) is 236 cm³/mol. The van der Waals surface area contributed by atoms with Gasteiger partial charge in [0.25, 0.3) is 0 Å². The molecule has 0 aromatic rings. The average Bonchev–Trinajstić information content (AvgIpc) is 3.20. The lowest BCUT2D eigenvalue weighted by atomic mass is 10.1. The maximum atomic E-state index is 12.6. The van der Waals surface area contributed by atoms with Crippen LogP contribution in [0, 0.1) is 0 Å². The molecule has 0 amide bonds. The Hall–Kier alpha value is -3.64. The monoisotopic (exact) mass is 847 g/mol. The minimum atomic E-state index is -4.76. The number of hydrogen-bond acceptors (Lipinski definition) is 10. The molecule has 0 saturated carbocycles. The van der Waals surface area contributed by atoms with Crippen LogP contribution in [0.3, 0.4) is 0 Å². The molecule has 0 aromatic carbocycles. The smallest absolute Gasteiger partial charge is 0.472 e. The molecule has 59 heavy (non-hydrogen) atoms. The zero-order valence-electron chi connectivity index (χ0n) is 35.7. The normalized spacial score (nSPS) is 15.2. The van der Waals surface area contributed by atoms with E-state index in [1.54, 1.807) is 0 Å². The number of hydrogen-bond donors (Lipinski definition) is 4. The van der Waals surface area contributed by atoms with Gasteiger partial charge in [0.2, 0.25) is 0 Å². The van der Waals surface area contributed by atoms with Crippen LogP contribution in [0.25, 0.3) is 0 Å². The van der Waals surface area contributed by atoms with Gasteiger partial charge in [-0.15, -0.1) is 0 Å². The Morgan fingerprint density at radius 1 is 0.593 bits per heavy atom. The van der Waals surface area contributed by atoms with Crippen molar-refractivity contribution in [2.24, 2.45) is 5.73 Å². The van der Waals surface area contributed by atoms with Crippen molar-refractivity contribution < 1.29 is 52.6 Å². The molecule has 0 heterocycles. The molecule has 0 aromatic heterocycles.